The second kappa shape index (κ2) is 8.11. The fraction of sp³-hybridized carbons (Fsp3) is 1.00. The van der Waals surface area contributed by atoms with Gasteiger partial charge >= 0.3 is 0 Å². The lowest BCUT2D eigenvalue weighted by atomic mass is 9.94. The largest absolute Gasteiger partial charge is 0.311 e. The molecule has 0 radical (unpaired) electrons. The summed E-state index contributed by atoms with van der Waals surface area (Å²) in [7, 11) is 0. The third-order valence-electron chi connectivity index (χ3n) is 2.86. The minimum atomic E-state index is 0.655. The third-order valence-corrected chi connectivity index (χ3v) is 2.86. The Kier molecular flexibility index (Phi) is 8.09. The van der Waals surface area contributed by atoms with Crippen molar-refractivity contribution in [2.24, 2.45) is 17.8 Å². The summed E-state index contributed by atoms with van der Waals surface area (Å²) in [5.41, 5.74) is 0. The Morgan fingerprint density at radius 2 is 1.00 bits per heavy atom. The Bertz CT molecular complexity index is 151. The van der Waals surface area contributed by atoms with E-state index in [2.05, 4.69) is 53.8 Å². The molecular formula is C15H33N. The molecule has 0 aliphatic heterocycles. The van der Waals surface area contributed by atoms with Crippen LogP contribution < -0.4 is 5.32 Å². The number of nitrogens with one attached hydrogen (secondary N) is 1. The monoisotopic (exact) mass is 227 g/mol. The van der Waals surface area contributed by atoms with Crippen molar-refractivity contribution in [3.05, 3.63) is 0 Å². The highest BCUT2D eigenvalue weighted by Crippen LogP contribution is 2.15. The summed E-state index contributed by atoms with van der Waals surface area (Å²) in [4.78, 5) is 0. The zero-order chi connectivity index (χ0) is 12.7. The number of hydrogen-bond acceptors (Lipinski definition) is 1. The zero-order valence-electron chi connectivity index (χ0n) is 12.5. The fourth-order valence-corrected chi connectivity index (χ4v) is 2.55. The lowest BCUT2D eigenvalue weighted by Crippen LogP contribution is -2.39. The average Bonchev–Trinajstić information content (AvgIpc) is 1.97. The maximum Gasteiger partial charge on any atom is 0.00744 e. The molecule has 0 saturated heterocycles. The molecule has 0 spiro atoms. The minimum Gasteiger partial charge on any atom is -0.311 e. The van der Waals surface area contributed by atoms with Crippen molar-refractivity contribution >= 4 is 0 Å². The lowest BCUT2D eigenvalue weighted by Gasteiger charge is -2.27. The molecule has 0 aromatic carbocycles. The first kappa shape index (κ1) is 16.0. The van der Waals surface area contributed by atoms with E-state index in [1.165, 1.54) is 19.3 Å². The zero-order valence-corrected chi connectivity index (χ0v) is 12.5. The second-order valence-corrected chi connectivity index (χ2v) is 6.65. The van der Waals surface area contributed by atoms with Crippen LogP contribution in [0.15, 0.2) is 0 Å². The van der Waals surface area contributed by atoms with Crippen LogP contribution in [0, 0.1) is 17.8 Å². The summed E-state index contributed by atoms with van der Waals surface area (Å²) in [6.07, 6.45) is 3.90. The maximum absolute atomic E-state index is 3.81. The Hall–Kier alpha value is -0.0400. The van der Waals surface area contributed by atoms with E-state index >= 15 is 0 Å². The van der Waals surface area contributed by atoms with E-state index in [4.69, 9.17) is 0 Å². The van der Waals surface area contributed by atoms with E-state index in [1.54, 1.807) is 0 Å². The van der Waals surface area contributed by atoms with E-state index in [0.717, 1.165) is 17.8 Å². The topological polar surface area (TPSA) is 12.0 Å². The van der Waals surface area contributed by atoms with Crippen molar-refractivity contribution in [2.75, 3.05) is 0 Å². The molecule has 0 bridgehead atoms. The highest BCUT2D eigenvalue weighted by molar-refractivity contribution is 4.74. The molecule has 0 fully saturated rings. The van der Waals surface area contributed by atoms with Crippen LogP contribution in [0.3, 0.4) is 0 Å². The van der Waals surface area contributed by atoms with Gasteiger partial charge in [0.25, 0.3) is 0 Å². The van der Waals surface area contributed by atoms with Gasteiger partial charge in [0, 0.05) is 12.1 Å². The Morgan fingerprint density at radius 1 is 0.625 bits per heavy atom. The molecule has 0 rings (SSSR count). The van der Waals surface area contributed by atoms with E-state index in [9.17, 15) is 0 Å². The smallest absolute Gasteiger partial charge is 0.00744 e. The van der Waals surface area contributed by atoms with Crippen LogP contribution in [-0.2, 0) is 0 Å². The molecular weight excluding hydrogens is 194 g/mol. The van der Waals surface area contributed by atoms with Gasteiger partial charge < -0.3 is 5.32 Å². The van der Waals surface area contributed by atoms with Gasteiger partial charge in [-0.25, -0.2) is 0 Å². The van der Waals surface area contributed by atoms with Gasteiger partial charge in [0.2, 0.25) is 0 Å². The van der Waals surface area contributed by atoms with Crippen molar-refractivity contribution in [2.45, 2.75) is 79.8 Å². The maximum atomic E-state index is 3.81. The van der Waals surface area contributed by atoms with Crippen molar-refractivity contribution in [1.82, 2.24) is 5.32 Å². The van der Waals surface area contributed by atoms with Crippen molar-refractivity contribution in [1.29, 1.82) is 0 Å². The summed E-state index contributed by atoms with van der Waals surface area (Å²) in [5.74, 6) is 2.38. The standard InChI is InChI=1S/C15H33N/c1-11(2)8-14(7)16-15(9-12(3)4)10-13(5)6/h11-16H,8-10H2,1-7H3. The molecule has 1 N–H and O–H groups in total. The summed E-state index contributed by atoms with van der Waals surface area (Å²) in [6.45, 7) is 16.2. The van der Waals surface area contributed by atoms with Gasteiger partial charge in [-0.3, -0.25) is 0 Å². The predicted octanol–water partition coefficient (Wildman–Crippen LogP) is 4.47. The summed E-state index contributed by atoms with van der Waals surface area (Å²) in [6, 6.07) is 1.36. The quantitative estimate of drug-likeness (QED) is 0.645. The molecule has 1 heteroatoms. The Morgan fingerprint density at radius 3 is 1.31 bits per heavy atom. The molecule has 1 unspecified atom stereocenters. The van der Waals surface area contributed by atoms with E-state index < -0.39 is 0 Å². The van der Waals surface area contributed by atoms with Gasteiger partial charge in [0.15, 0.2) is 0 Å². The Balaban J connectivity index is 4.08. The molecule has 1 nitrogen and oxygen atoms in total. The third kappa shape index (κ3) is 9.21. The number of rotatable bonds is 8. The molecule has 0 aliphatic carbocycles. The van der Waals surface area contributed by atoms with Gasteiger partial charge in [-0.15, -0.1) is 0 Å². The molecule has 16 heavy (non-hydrogen) atoms. The normalized spacial score (nSPS) is 14.4. The highest BCUT2D eigenvalue weighted by Gasteiger charge is 2.15. The summed E-state index contributed by atoms with van der Waals surface area (Å²) >= 11 is 0. The van der Waals surface area contributed by atoms with Crippen molar-refractivity contribution in [3.63, 3.8) is 0 Å². The van der Waals surface area contributed by atoms with Crippen LogP contribution in [0.25, 0.3) is 0 Å². The van der Waals surface area contributed by atoms with Gasteiger partial charge in [0.1, 0.15) is 0 Å². The molecule has 0 amide bonds. The van der Waals surface area contributed by atoms with Crippen molar-refractivity contribution < 1.29 is 0 Å². The predicted molar refractivity (Wildman–Crippen MR) is 74.8 cm³/mol. The van der Waals surface area contributed by atoms with Crippen LogP contribution >= 0.6 is 0 Å². The molecule has 0 saturated carbocycles. The Labute approximate surface area is 103 Å². The second-order valence-electron chi connectivity index (χ2n) is 6.65. The van der Waals surface area contributed by atoms with Gasteiger partial charge in [-0.05, 0) is 43.9 Å². The summed E-state index contributed by atoms with van der Waals surface area (Å²) < 4.78 is 0. The molecule has 98 valence electrons. The van der Waals surface area contributed by atoms with Gasteiger partial charge in [0.05, 0.1) is 0 Å². The first-order valence-corrected chi connectivity index (χ1v) is 7.07. The summed E-state index contributed by atoms with van der Waals surface area (Å²) in [5, 5.41) is 3.81. The fourth-order valence-electron chi connectivity index (χ4n) is 2.55. The molecule has 0 heterocycles. The van der Waals surface area contributed by atoms with Crippen LogP contribution in [0.2, 0.25) is 0 Å². The van der Waals surface area contributed by atoms with Crippen LogP contribution in [0.5, 0.6) is 0 Å². The minimum absolute atomic E-state index is 0.655. The molecule has 1 atom stereocenters. The van der Waals surface area contributed by atoms with E-state index in [0.29, 0.717) is 12.1 Å². The van der Waals surface area contributed by atoms with Crippen LogP contribution in [-0.4, -0.2) is 12.1 Å². The molecule has 0 aromatic rings. The first-order chi connectivity index (χ1) is 7.31. The van der Waals surface area contributed by atoms with E-state index in [-0.39, 0.29) is 0 Å². The molecule has 0 aromatic heterocycles. The van der Waals surface area contributed by atoms with Crippen LogP contribution in [0.1, 0.15) is 67.7 Å². The highest BCUT2D eigenvalue weighted by atomic mass is 14.9. The molecule has 0 aliphatic rings. The van der Waals surface area contributed by atoms with E-state index in [1.807, 2.05) is 0 Å². The van der Waals surface area contributed by atoms with Crippen LogP contribution in [0.4, 0.5) is 0 Å². The number of hydrogen-bond donors (Lipinski definition) is 1. The first-order valence-electron chi connectivity index (χ1n) is 7.07. The van der Waals surface area contributed by atoms with Crippen molar-refractivity contribution in [3.8, 4) is 0 Å². The lowest BCUT2D eigenvalue weighted by molar-refractivity contribution is 0.313. The van der Waals surface area contributed by atoms with Gasteiger partial charge in [-0.2, -0.15) is 0 Å². The SMILES string of the molecule is CC(C)CC(C)NC(CC(C)C)CC(C)C. The van der Waals surface area contributed by atoms with Gasteiger partial charge in [-0.1, -0.05) is 41.5 Å². The average molecular weight is 227 g/mol.